The summed E-state index contributed by atoms with van der Waals surface area (Å²) < 4.78 is 0. The second kappa shape index (κ2) is 10.3. The van der Waals surface area contributed by atoms with Crippen molar-refractivity contribution < 1.29 is 0 Å². The minimum Gasteiger partial charge on any atom is -0.354 e. The van der Waals surface area contributed by atoms with Crippen molar-refractivity contribution in [3.63, 3.8) is 0 Å². The summed E-state index contributed by atoms with van der Waals surface area (Å²) in [6, 6.07) is 8.39. The highest BCUT2D eigenvalue weighted by Crippen LogP contribution is 2.26. The van der Waals surface area contributed by atoms with Gasteiger partial charge in [0.1, 0.15) is 0 Å². The number of hydrogen-bond acceptors (Lipinski definition) is 5. The van der Waals surface area contributed by atoms with Crippen LogP contribution in [0, 0.1) is 23.7 Å². The van der Waals surface area contributed by atoms with Crippen LogP contribution in [0.1, 0.15) is 32.2 Å². The zero-order valence-corrected chi connectivity index (χ0v) is 18.2. The Labute approximate surface area is 179 Å². The molecule has 154 valence electrons. The number of rotatable bonds is 9. The van der Waals surface area contributed by atoms with Gasteiger partial charge in [-0.05, 0) is 51.0 Å². The van der Waals surface area contributed by atoms with Crippen molar-refractivity contribution in [3.8, 4) is 17.2 Å². The second-order valence-corrected chi connectivity index (χ2v) is 7.66. The van der Waals surface area contributed by atoms with Gasteiger partial charge in [0.15, 0.2) is 0 Å². The fourth-order valence-corrected chi connectivity index (χ4v) is 2.67. The molecule has 2 aromatic rings. The van der Waals surface area contributed by atoms with Crippen molar-refractivity contribution >= 4 is 11.9 Å². The van der Waals surface area contributed by atoms with Gasteiger partial charge in [-0.2, -0.15) is 5.26 Å². The molecule has 0 aliphatic heterocycles. The molecular weight excluding hydrogens is 370 g/mol. The summed E-state index contributed by atoms with van der Waals surface area (Å²) in [7, 11) is 0. The zero-order chi connectivity index (χ0) is 22.1. The molecule has 2 aromatic heterocycles. The summed E-state index contributed by atoms with van der Waals surface area (Å²) in [6.07, 6.45) is 9.80. The number of nitriles is 1. The second-order valence-electron chi connectivity index (χ2n) is 7.66. The minimum absolute atomic E-state index is 0.431. The molecule has 0 unspecified atom stereocenters. The first kappa shape index (κ1) is 22.8. The maximum absolute atomic E-state index is 9.06. The van der Waals surface area contributed by atoms with Crippen molar-refractivity contribution in [2.75, 3.05) is 11.9 Å². The summed E-state index contributed by atoms with van der Waals surface area (Å²) in [4.78, 5) is 13.3. The molecule has 0 spiro atoms. The molecule has 0 aliphatic rings. The molecule has 2 heterocycles. The van der Waals surface area contributed by atoms with Crippen LogP contribution in [0.15, 0.2) is 72.2 Å². The first-order valence-corrected chi connectivity index (χ1v) is 9.91. The van der Waals surface area contributed by atoms with E-state index >= 15 is 0 Å². The van der Waals surface area contributed by atoms with Gasteiger partial charge in [-0.1, -0.05) is 32.2 Å². The van der Waals surface area contributed by atoms with Crippen LogP contribution >= 0.6 is 0 Å². The summed E-state index contributed by atoms with van der Waals surface area (Å²) in [5, 5.41) is 12.4. The van der Waals surface area contributed by atoms with Gasteiger partial charge in [0.05, 0.1) is 29.9 Å². The number of aromatic nitrogens is 2. The maximum Gasteiger partial charge on any atom is 0.0712 e. The lowest BCUT2D eigenvalue weighted by Crippen LogP contribution is -2.11. The van der Waals surface area contributed by atoms with Crippen molar-refractivity contribution in [1.29, 1.82) is 5.26 Å². The summed E-state index contributed by atoms with van der Waals surface area (Å²) in [5.74, 6) is 0. The standard InChI is InChI=1S/C25H29N5/c1-7-20(11-12-27-17-25(5,6)16-26)18(3)30-23-13-24(19(4)28-15-23)21-9-10-22(8-2)29-14-21/h7,9-15,30H,1,3,8,17H2,2,4-6H3/b20-11+,27-12?. The van der Waals surface area contributed by atoms with E-state index in [2.05, 4.69) is 52.5 Å². The van der Waals surface area contributed by atoms with E-state index in [1.165, 1.54) is 0 Å². The normalized spacial score (nSPS) is 11.9. The summed E-state index contributed by atoms with van der Waals surface area (Å²) in [5.41, 5.74) is 5.89. The van der Waals surface area contributed by atoms with E-state index in [0.29, 0.717) is 12.2 Å². The van der Waals surface area contributed by atoms with Crippen LogP contribution in [0.2, 0.25) is 0 Å². The van der Waals surface area contributed by atoms with Crippen LogP contribution in [0.4, 0.5) is 5.69 Å². The molecule has 0 fully saturated rings. The highest BCUT2D eigenvalue weighted by atomic mass is 14.9. The number of aliphatic imine (C=N–C) groups is 1. The molecule has 0 saturated carbocycles. The molecule has 1 N–H and O–H groups in total. The molecule has 0 saturated heterocycles. The number of nitrogens with one attached hydrogen (secondary N) is 1. The highest BCUT2D eigenvalue weighted by Gasteiger charge is 2.14. The average molecular weight is 400 g/mol. The number of hydrogen-bond donors (Lipinski definition) is 1. The van der Waals surface area contributed by atoms with E-state index < -0.39 is 5.41 Å². The Morgan fingerprint density at radius 3 is 2.67 bits per heavy atom. The first-order chi connectivity index (χ1) is 14.3. The van der Waals surface area contributed by atoms with Crippen molar-refractivity contribution in [2.45, 2.75) is 34.1 Å². The third-order valence-corrected chi connectivity index (χ3v) is 4.60. The maximum atomic E-state index is 9.06. The lowest BCUT2D eigenvalue weighted by molar-refractivity contribution is 0.513. The van der Waals surface area contributed by atoms with E-state index in [4.69, 9.17) is 5.26 Å². The summed E-state index contributed by atoms with van der Waals surface area (Å²) in [6.45, 7) is 16.2. The molecule has 0 bridgehead atoms. The monoisotopic (exact) mass is 399 g/mol. The molecule has 5 heteroatoms. The third-order valence-electron chi connectivity index (χ3n) is 4.60. The smallest absolute Gasteiger partial charge is 0.0712 e. The molecule has 0 aliphatic carbocycles. The van der Waals surface area contributed by atoms with Gasteiger partial charge >= 0.3 is 0 Å². The van der Waals surface area contributed by atoms with Gasteiger partial charge in [0.2, 0.25) is 0 Å². The van der Waals surface area contributed by atoms with E-state index in [1.807, 2.05) is 45.2 Å². The van der Waals surface area contributed by atoms with Crippen molar-refractivity contribution in [2.24, 2.45) is 10.4 Å². The van der Waals surface area contributed by atoms with Gasteiger partial charge < -0.3 is 5.32 Å². The fraction of sp³-hybridized carbons (Fsp3) is 0.280. The van der Waals surface area contributed by atoms with Crippen LogP contribution in [-0.2, 0) is 6.42 Å². The topological polar surface area (TPSA) is 74.0 Å². The largest absolute Gasteiger partial charge is 0.354 e. The number of anilines is 1. The number of allylic oxidation sites excluding steroid dienone is 2. The van der Waals surface area contributed by atoms with Gasteiger partial charge in [0, 0.05) is 40.6 Å². The van der Waals surface area contributed by atoms with Crippen molar-refractivity contribution in [1.82, 2.24) is 9.97 Å². The molecule has 0 aromatic carbocycles. The molecule has 5 nitrogen and oxygen atoms in total. The molecule has 0 atom stereocenters. The van der Waals surface area contributed by atoms with Crippen LogP contribution < -0.4 is 5.32 Å². The van der Waals surface area contributed by atoms with Gasteiger partial charge in [0.25, 0.3) is 0 Å². The van der Waals surface area contributed by atoms with Crippen LogP contribution in [-0.4, -0.2) is 22.7 Å². The first-order valence-electron chi connectivity index (χ1n) is 9.91. The van der Waals surface area contributed by atoms with Crippen LogP contribution in [0.25, 0.3) is 11.1 Å². The average Bonchev–Trinajstić information content (AvgIpc) is 2.75. The third kappa shape index (κ3) is 6.25. The predicted octanol–water partition coefficient (Wildman–Crippen LogP) is 5.67. The van der Waals surface area contributed by atoms with Gasteiger partial charge in [-0.25, -0.2) is 0 Å². The van der Waals surface area contributed by atoms with E-state index in [1.54, 1.807) is 18.5 Å². The van der Waals surface area contributed by atoms with Crippen LogP contribution in [0.3, 0.4) is 0 Å². The molecule has 30 heavy (non-hydrogen) atoms. The Bertz CT molecular complexity index is 1000. The zero-order valence-electron chi connectivity index (χ0n) is 18.2. The fourth-order valence-electron chi connectivity index (χ4n) is 2.67. The van der Waals surface area contributed by atoms with Crippen LogP contribution in [0.5, 0.6) is 0 Å². The lowest BCUT2D eigenvalue weighted by atomic mass is 9.96. The quantitative estimate of drug-likeness (QED) is 0.435. The van der Waals surface area contributed by atoms with E-state index in [-0.39, 0.29) is 0 Å². The van der Waals surface area contributed by atoms with E-state index in [0.717, 1.165) is 40.2 Å². The number of pyridine rings is 2. The van der Waals surface area contributed by atoms with Gasteiger partial charge in [-0.3, -0.25) is 15.0 Å². The molecular formula is C25H29N5. The lowest BCUT2D eigenvalue weighted by Gasteiger charge is -2.13. The predicted molar refractivity (Wildman–Crippen MR) is 125 cm³/mol. The molecule has 0 amide bonds. The minimum atomic E-state index is -0.484. The highest BCUT2D eigenvalue weighted by molar-refractivity contribution is 5.76. The Morgan fingerprint density at radius 2 is 2.07 bits per heavy atom. The Balaban J connectivity index is 2.17. The van der Waals surface area contributed by atoms with Crippen molar-refractivity contribution in [3.05, 3.63) is 78.6 Å². The number of nitrogens with zero attached hydrogens (tertiary/aromatic N) is 4. The SMILES string of the molecule is C=C/C(=C\C=NCC(C)(C)C#N)C(=C)Nc1cnc(C)c(-c2ccc(CC)nc2)c1. The molecule has 0 radical (unpaired) electrons. The Hall–Kier alpha value is -3.52. The Kier molecular flexibility index (Phi) is 7.83. The number of aryl methyl sites for hydroxylation is 2. The molecule has 2 rings (SSSR count). The Morgan fingerprint density at radius 1 is 1.30 bits per heavy atom. The summed E-state index contributed by atoms with van der Waals surface area (Å²) >= 11 is 0. The van der Waals surface area contributed by atoms with Gasteiger partial charge in [-0.15, -0.1) is 0 Å². The van der Waals surface area contributed by atoms with E-state index in [9.17, 15) is 0 Å².